The summed E-state index contributed by atoms with van der Waals surface area (Å²) in [5, 5.41) is 18.5. The molecule has 0 fully saturated rings. The summed E-state index contributed by atoms with van der Waals surface area (Å²) < 4.78 is 5.01. The number of benzene rings is 1. The van der Waals surface area contributed by atoms with Gasteiger partial charge in [-0.25, -0.2) is 4.98 Å². The van der Waals surface area contributed by atoms with E-state index < -0.39 is 4.92 Å². The van der Waals surface area contributed by atoms with Gasteiger partial charge in [0, 0.05) is 23.3 Å². The van der Waals surface area contributed by atoms with Crippen molar-refractivity contribution < 1.29 is 9.45 Å². The molecule has 3 aromatic rings. The standard InChI is InChI=1S/C13H11N5O3/c1-8-16-12(21-17-8)7-15-10-4-5-11(18(19)20)13-9(10)3-2-6-14-13/h2-6,15H,7H2,1H3. The highest BCUT2D eigenvalue weighted by molar-refractivity contribution is 5.96. The first-order valence-corrected chi connectivity index (χ1v) is 6.20. The zero-order valence-corrected chi connectivity index (χ0v) is 11.1. The van der Waals surface area contributed by atoms with E-state index in [2.05, 4.69) is 20.4 Å². The number of hydrogen-bond donors (Lipinski definition) is 1. The number of nitro groups is 1. The highest BCUT2D eigenvalue weighted by atomic mass is 16.6. The second kappa shape index (κ2) is 5.16. The van der Waals surface area contributed by atoms with Gasteiger partial charge in [0.2, 0.25) is 5.89 Å². The Morgan fingerprint density at radius 3 is 2.95 bits per heavy atom. The van der Waals surface area contributed by atoms with E-state index in [1.54, 1.807) is 25.1 Å². The van der Waals surface area contributed by atoms with Gasteiger partial charge in [-0.3, -0.25) is 10.1 Å². The average molecular weight is 285 g/mol. The average Bonchev–Trinajstić information content (AvgIpc) is 2.90. The molecule has 0 unspecified atom stereocenters. The van der Waals surface area contributed by atoms with Crippen LogP contribution in [0.3, 0.4) is 0 Å². The number of non-ortho nitro benzene ring substituents is 1. The lowest BCUT2D eigenvalue weighted by atomic mass is 10.1. The number of hydrogen-bond acceptors (Lipinski definition) is 7. The van der Waals surface area contributed by atoms with Gasteiger partial charge in [-0.1, -0.05) is 5.16 Å². The lowest BCUT2D eigenvalue weighted by Gasteiger charge is -2.07. The van der Waals surface area contributed by atoms with Gasteiger partial charge in [0.25, 0.3) is 5.69 Å². The summed E-state index contributed by atoms with van der Waals surface area (Å²) in [4.78, 5) is 18.8. The van der Waals surface area contributed by atoms with Crippen molar-refractivity contribution >= 4 is 22.3 Å². The van der Waals surface area contributed by atoms with Crippen molar-refractivity contribution in [2.75, 3.05) is 5.32 Å². The van der Waals surface area contributed by atoms with Crippen LogP contribution < -0.4 is 5.32 Å². The molecule has 0 radical (unpaired) electrons. The summed E-state index contributed by atoms with van der Waals surface area (Å²) >= 11 is 0. The Labute approximate surface area is 119 Å². The number of aromatic nitrogens is 3. The lowest BCUT2D eigenvalue weighted by Crippen LogP contribution is -2.01. The van der Waals surface area contributed by atoms with Crippen LogP contribution in [0.25, 0.3) is 10.9 Å². The minimum atomic E-state index is -0.444. The summed E-state index contributed by atoms with van der Waals surface area (Å²) in [5.74, 6) is 1.00. The van der Waals surface area contributed by atoms with Crippen molar-refractivity contribution in [2.24, 2.45) is 0 Å². The fourth-order valence-corrected chi connectivity index (χ4v) is 2.04. The Bertz CT molecular complexity index is 814. The van der Waals surface area contributed by atoms with Crippen molar-refractivity contribution in [3.05, 3.63) is 52.3 Å². The van der Waals surface area contributed by atoms with E-state index in [9.17, 15) is 10.1 Å². The van der Waals surface area contributed by atoms with Crippen LogP contribution in [0.5, 0.6) is 0 Å². The fraction of sp³-hybridized carbons (Fsp3) is 0.154. The highest BCUT2D eigenvalue weighted by Gasteiger charge is 2.15. The molecule has 0 bridgehead atoms. The van der Waals surface area contributed by atoms with Gasteiger partial charge in [-0.2, -0.15) is 4.98 Å². The molecular weight excluding hydrogens is 274 g/mol. The van der Waals surface area contributed by atoms with Gasteiger partial charge in [0.05, 0.1) is 11.5 Å². The van der Waals surface area contributed by atoms with E-state index in [1.807, 2.05) is 0 Å². The smallest absolute Gasteiger partial charge is 0.295 e. The van der Waals surface area contributed by atoms with Gasteiger partial charge in [0.15, 0.2) is 5.82 Å². The third-order valence-electron chi connectivity index (χ3n) is 2.94. The van der Waals surface area contributed by atoms with Crippen molar-refractivity contribution in [1.29, 1.82) is 0 Å². The number of pyridine rings is 1. The van der Waals surface area contributed by atoms with E-state index in [0.717, 1.165) is 5.69 Å². The zero-order chi connectivity index (χ0) is 14.8. The molecule has 0 saturated heterocycles. The molecule has 0 aliphatic carbocycles. The first-order valence-electron chi connectivity index (χ1n) is 6.20. The van der Waals surface area contributed by atoms with Gasteiger partial charge in [-0.15, -0.1) is 0 Å². The maximum Gasteiger partial charge on any atom is 0.295 e. The van der Waals surface area contributed by atoms with Crippen molar-refractivity contribution in [3.8, 4) is 0 Å². The number of nitrogens with zero attached hydrogens (tertiary/aromatic N) is 4. The van der Waals surface area contributed by atoms with E-state index in [4.69, 9.17) is 4.52 Å². The number of anilines is 1. The van der Waals surface area contributed by atoms with Crippen LogP contribution in [0.1, 0.15) is 11.7 Å². The monoisotopic (exact) mass is 285 g/mol. The van der Waals surface area contributed by atoms with Crippen LogP contribution in [0.4, 0.5) is 11.4 Å². The molecule has 106 valence electrons. The third kappa shape index (κ3) is 2.50. The molecule has 0 atom stereocenters. The molecular formula is C13H11N5O3. The molecule has 21 heavy (non-hydrogen) atoms. The fourth-order valence-electron chi connectivity index (χ4n) is 2.04. The molecule has 0 aliphatic rings. The molecule has 1 N–H and O–H groups in total. The minimum Gasteiger partial charge on any atom is -0.376 e. The Kier molecular flexibility index (Phi) is 3.19. The van der Waals surface area contributed by atoms with Crippen LogP contribution in [0, 0.1) is 17.0 Å². The number of fused-ring (bicyclic) bond motifs is 1. The molecule has 0 aliphatic heterocycles. The number of nitrogens with one attached hydrogen (secondary N) is 1. The van der Waals surface area contributed by atoms with Crippen LogP contribution in [0.15, 0.2) is 35.0 Å². The molecule has 1 aromatic carbocycles. The van der Waals surface area contributed by atoms with Crippen molar-refractivity contribution in [2.45, 2.75) is 13.5 Å². The topological polar surface area (TPSA) is 107 Å². The maximum absolute atomic E-state index is 11.0. The SMILES string of the molecule is Cc1noc(CNc2ccc([N+](=O)[O-])c3ncccc23)n1. The van der Waals surface area contributed by atoms with Crippen LogP contribution in [0.2, 0.25) is 0 Å². The summed E-state index contributed by atoms with van der Waals surface area (Å²) in [6, 6.07) is 6.58. The summed E-state index contributed by atoms with van der Waals surface area (Å²) in [6.45, 7) is 2.07. The van der Waals surface area contributed by atoms with E-state index in [0.29, 0.717) is 29.2 Å². The normalized spacial score (nSPS) is 10.7. The Morgan fingerprint density at radius 1 is 1.38 bits per heavy atom. The Morgan fingerprint density at radius 2 is 2.24 bits per heavy atom. The van der Waals surface area contributed by atoms with E-state index in [-0.39, 0.29) is 5.69 Å². The minimum absolute atomic E-state index is 0.0233. The molecule has 3 rings (SSSR count). The Balaban J connectivity index is 1.96. The van der Waals surface area contributed by atoms with Gasteiger partial charge in [0.1, 0.15) is 5.52 Å². The molecule has 0 amide bonds. The van der Waals surface area contributed by atoms with Crippen LogP contribution >= 0.6 is 0 Å². The Hall–Kier alpha value is -3.03. The predicted octanol–water partition coefficient (Wildman–Crippen LogP) is 2.45. The van der Waals surface area contributed by atoms with Gasteiger partial charge in [-0.05, 0) is 25.1 Å². The van der Waals surface area contributed by atoms with Gasteiger partial charge < -0.3 is 9.84 Å². The highest BCUT2D eigenvalue weighted by Crippen LogP contribution is 2.29. The van der Waals surface area contributed by atoms with Gasteiger partial charge >= 0.3 is 0 Å². The first kappa shape index (κ1) is 13.0. The van der Waals surface area contributed by atoms with Crippen LogP contribution in [-0.4, -0.2) is 20.0 Å². The number of nitro benzene ring substituents is 1. The van der Waals surface area contributed by atoms with Crippen molar-refractivity contribution in [3.63, 3.8) is 0 Å². The van der Waals surface area contributed by atoms with E-state index in [1.165, 1.54) is 12.3 Å². The second-order valence-corrected chi connectivity index (χ2v) is 4.38. The quantitative estimate of drug-likeness (QED) is 0.579. The molecule has 8 heteroatoms. The molecule has 8 nitrogen and oxygen atoms in total. The van der Waals surface area contributed by atoms with Crippen LogP contribution in [-0.2, 0) is 6.54 Å². The van der Waals surface area contributed by atoms with Crippen molar-refractivity contribution in [1.82, 2.24) is 15.1 Å². The lowest BCUT2D eigenvalue weighted by molar-refractivity contribution is -0.383. The molecule has 2 heterocycles. The zero-order valence-electron chi connectivity index (χ0n) is 11.1. The summed E-state index contributed by atoms with van der Waals surface area (Å²) in [5.41, 5.74) is 1.04. The maximum atomic E-state index is 11.0. The first-order chi connectivity index (χ1) is 10.1. The predicted molar refractivity (Wildman–Crippen MR) is 74.8 cm³/mol. The number of rotatable bonds is 4. The third-order valence-corrected chi connectivity index (χ3v) is 2.94. The largest absolute Gasteiger partial charge is 0.376 e. The molecule has 0 saturated carbocycles. The summed E-state index contributed by atoms with van der Waals surface area (Å²) in [6.07, 6.45) is 1.53. The second-order valence-electron chi connectivity index (χ2n) is 4.38. The molecule has 0 spiro atoms. The van der Waals surface area contributed by atoms with E-state index >= 15 is 0 Å². The summed E-state index contributed by atoms with van der Waals surface area (Å²) in [7, 11) is 0. The molecule has 2 aromatic heterocycles. The number of aryl methyl sites for hydroxylation is 1.